The number of nitro benzene ring substituents is 1. The minimum Gasteiger partial charge on any atom is -0.466 e. The van der Waals surface area contributed by atoms with Crippen LogP contribution < -0.4 is 10.9 Å². The molecule has 1 N–H and O–H groups in total. The van der Waals surface area contributed by atoms with E-state index < -0.39 is 22.4 Å². The van der Waals surface area contributed by atoms with Crippen molar-refractivity contribution in [2.75, 3.05) is 11.9 Å². The SMILES string of the molecule is CCOC(=O)Cc1csc(NC(=O)c2cccn(Cc3cccc([N+](=O)[O-])c3)c2=O)n1. The summed E-state index contributed by atoms with van der Waals surface area (Å²) in [7, 11) is 0. The zero-order valence-corrected chi connectivity index (χ0v) is 17.3. The second-order valence-electron chi connectivity index (χ2n) is 6.36. The summed E-state index contributed by atoms with van der Waals surface area (Å²) in [4.78, 5) is 51.4. The number of thiazole rings is 1. The van der Waals surface area contributed by atoms with Crippen molar-refractivity contribution in [3.63, 3.8) is 0 Å². The normalized spacial score (nSPS) is 10.5. The largest absolute Gasteiger partial charge is 0.466 e. The van der Waals surface area contributed by atoms with Gasteiger partial charge < -0.3 is 9.30 Å². The number of non-ortho nitro benzene ring substituents is 1. The summed E-state index contributed by atoms with van der Waals surface area (Å²) in [5.41, 5.74) is 0.277. The van der Waals surface area contributed by atoms with Crippen LogP contribution in [0, 0.1) is 10.1 Å². The Hall–Kier alpha value is -3.86. The van der Waals surface area contributed by atoms with Crippen LogP contribution in [0.4, 0.5) is 10.8 Å². The predicted octanol–water partition coefficient (Wildman–Crippen LogP) is 2.62. The van der Waals surface area contributed by atoms with Crippen LogP contribution in [-0.2, 0) is 22.5 Å². The minimum absolute atomic E-state index is 0.0123. The average Bonchev–Trinajstić information content (AvgIpc) is 3.16. The molecule has 0 aliphatic carbocycles. The van der Waals surface area contributed by atoms with Gasteiger partial charge in [-0.25, -0.2) is 4.98 Å². The number of rotatable bonds is 8. The first-order valence-electron chi connectivity index (χ1n) is 9.21. The summed E-state index contributed by atoms with van der Waals surface area (Å²) in [6, 6.07) is 8.86. The third-order valence-corrected chi connectivity index (χ3v) is 4.95. The molecule has 2 heterocycles. The molecule has 0 bridgehead atoms. The van der Waals surface area contributed by atoms with Crippen LogP contribution in [0.25, 0.3) is 0 Å². The molecule has 1 amide bonds. The molecular weight excluding hydrogens is 424 g/mol. The van der Waals surface area contributed by atoms with E-state index in [1.165, 1.54) is 35.0 Å². The summed E-state index contributed by atoms with van der Waals surface area (Å²) >= 11 is 1.13. The number of anilines is 1. The number of aromatic nitrogens is 2. The van der Waals surface area contributed by atoms with E-state index >= 15 is 0 Å². The molecule has 0 aliphatic rings. The van der Waals surface area contributed by atoms with Crippen molar-refractivity contribution in [2.45, 2.75) is 19.9 Å². The first-order chi connectivity index (χ1) is 14.9. The quantitative estimate of drug-likeness (QED) is 0.322. The van der Waals surface area contributed by atoms with E-state index in [0.717, 1.165) is 11.3 Å². The lowest BCUT2D eigenvalue weighted by Gasteiger charge is -2.08. The molecule has 1 aromatic carbocycles. The molecular formula is C20H18N4O6S. The van der Waals surface area contributed by atoms with Crippen LogP contribution >= 0.6 is 11.3 Å². The van der Waals surface area contributed by atoms with Gasteiger partial charge in [-0.1, -0.05) is 12.1 Å². The van der Waals surface area contributed by atoms with Gasteiger partial charge in [0.15, 0.2) is 5.13 Å². The van der Waals surface area contributed by atoms with Gasteiger partial charge in [-0.2, -0.15) is 0 Å². The summed E-state index contributed by atoms with van der Waals surface area (Å²) in [6.07, 6.45) is 1.49. The van der Waals surface area contributed by atoms with E-state index in [4.69, 9.17) is 4.74 Å². The maximum absolute atomic E-state index is 12.7. The third-order valence-electron chi connectivity index (χ3n) is 4.14. The van der Waals surface area contributed by atoms with Crippen LogP contribution in [0.3, 0.4) is 0 Å². The van der Waals surface area contributed by atoms with E-state index in [9.17, 15) is 24.5 Å². The number of carbonyl (C=O) groups excluding carboxylic acids is 2. The van der Waals surface area contributed by atoms with E-state index in [0.29, 0.717) is 11.3 Å². The van der Waals surface area contributed by atoms with Crippen LogP contribution in [0.1, 0.15) is 28.5 Å². The van der Waals surface area contributed by atoms with Crippen molar-refractivity contribution < 1.29 is 19.2 Å². The first-order valence-corrected chi connectivity index (χ1v) is 10.1. The van der Waals surface area contributed by atoms with Gasteiger partial charge in [-0.3, -0.25) is 29.8 Å². The van der Waals surface area contributed by atoms with Gasteiger partial charge in [-0.15, -0.1) is 11.3 Å². The van der Waals surface area contributed by atoms with Crippen LogP contribution in [0.15, 0.2) is 52.8 Å². The number of hydrogen-bond donors (Lipinski definition) is 1. The van der Waals surface area contributed by atoms with E-state index in [-0.39, 0.29) is 36.0 Å². The van der Waals surface area contributed by atoms with Gasteiger partial charge in [0.1, 0.15) is 5.56 Å². The Bertz CT molecular complexity index is 1190. The minimum atomic E-state index is -0.643. The van der Waals surface area contributed by atoms with Crippen molar-refractivity contribution >= 4 is 34.0 Å². The summed E-state index contributed by atoms with van der Waals surface area (Å²) in [6.45, 7) is 2.04. The Morgan fingerprint density at radius 3 is 2.84 bits per heavy atom. The summed E-state index contributed by atoms with van der Waals surface area (Å²) in [5.74, 6) is -1.06. The molecule has 0 spiro atoms. The third kappa shape index (κ3) is 5.60. The van der Waals surface area contributed by atoms with Crippen LogP contribution in [-0.4, -0.2) is 33.0 Å². The second-order valence-corrected chi connectivity index (χ2v) is 7.22. The monoisotopic (exact) mass is 442 g/mol. The Morgan fingerprint density at radius 2 is 2.10 bits per heavy atom. The van der Waals surface area contributed by atoms with E-state index in [2.05, 4.69) is 10.3 Å². The molecule has 0 saturated carbocycles. The van der Waals surface area contributed by atoms with Gasteiger partial charge in [-0.05, 0) is 24.6 Å². The maximum atomic E-state index is 12.7. The highest BCUT2D eigenvalue weighted by Gasteiger charge is 2.16. The highest BCUT2D eigenvalue weighted by molar-refractivity contribution is 7.14. The second kappa shape index (κ2) is 9.76. The fraction of sp³-hybridized carbons (Fsp3) is 0.200. The lowest BCUT2D eigenvalue weighted by atomic mass is 10.2. The average molecular weight is 442 g/mol. The Labute approximate surface area is 180 Å². The molecule has 3 aromatic rings. The van der Waals surface area contributed by atoms with Gasteiger partial charge in [0.25, 0.3) is 17.2 Å². The first kappa shape index (κ1) is 21.8. The lowest BCUT2D eigenvalue weighted by Crippen LogP contribution is -2.29. The molecule has 3 rings (SSSR count). The Morgan fingerprint density at radius 1 is 1.29 bits per heavy atom. The van der Waals surface area contributed by atoms with Crippen molar-refractivity contribution in [3.8, 4) is 0 Å². The fourth-order valence-electron chi connectivity index (χ4n) is 2.77. The number of nitro groups is 1. The maximum Gasteiger partial charge on any atom is 0.311 e. The summed E-state index contributed by atoms with van der Waals surface area (Å²) < 4.78 is 6.15. The number of esters is 1. The molecule has 31 heavy (non-hydrogen) atoms. The number of pyridine rings is 1. The fourth-order valence-corrected chi connectivity index (χ4v) is 3.47. The Kier molecular flexibility index (Phi) is 6.88. The molecule has 2 aromatic heterocycles. The van der Waals surface area contributed by atoms with Gasteiger partial charge in [0, 0.05) is 23.7 Å². The van der Waals surface area contributed by atoms with Gasteiger partial charge in [0.05, 0.1) is 30.2 Å². The van der Waals surface area contributed by atoms with E-state index in [1.807, 2.05) is 0 Å². The molecule has 10 nitrogen and oxygen atoms in total. The predicted molar refractivity (Wildman–Crippen MR) is 113 cm³/mol. The molecule has 0 fully saturated rings. The van der Waals surface area contributed by atoms with E-state index in [1.54, 1.807) is 24.4 Å². The topological polar surface area (TPSA) is 133 Å². The Balaban J connectivity index is 1.74. The number of benzene rings is 1. The number of amides is 1. The number of ether oxygens (including phenoxy) is 1. The molecule has 11 heteroatoms. The van der Waals surface area contributed by atoms with Crippen molar-refractivity contribution in [1.82, 2.24) is 9.55 Å². The van der Waals surface area contributed by atoms with Crippen LogP contribution in [0.5, 0.6) is 0 Å². The number of carbonyl (C=O) groups is 2. The molecule has 0 radical (unpaired) electrons. The smallest absolute Gasteiger partial charge is 0.311 e. The van der Waals surface area contributed by atoms with Crippen LogP contribution in [0.2, 0.25) is 0 Å². The number of nitrogens with one attached hydrogen (secondary N) is 1. The number of hydrogen-bond acceptors (Lipinski definition) is 8. The number of nitrogens with zero attached hydrogens (tertiary/aromatic N) is 3. The van der Waals surface area contributed by atoms with Gasteiger partial charge in [0.2, 0.25) is 0 Å². The zero-order chi connectivity index (χ0) is 22.4. The van der Waals surface area contributed by atoms with Crippen molar-refractivity contribution in [3.05, 3.63) is 85.3 Å². The van der Waals surface area contributed by atoms with Crippen molar-refractivity contribution in [1.29, 1.82) is 0 Å². The highest BCUT2D eigenvalue weighted by atomic mass is 32.1. The molecule has 0 saturated heterocycles. The molecule has 160 valence electrons. The standard InChI is InChI=1S/C20H18N4O6S/c1-2-30-17(25)10-14-12-31-20(21-14)22-18(26)16-7-4-8-23(19(16)27)11-13-5-3-6-15(9-13)24(28)29/h3-9,12H,2,10-11H2,1H3,(H,21,22,26). The van der Waals surface area contributed by atoms with Gasteiger partial charge >= 0.3 is 5.97 Å². The molecule has 0 aliphatic heterocycles. The zero-order valence-electron chi connectivity index (χ0n) is 16.4. The molecule has 0 atom stereocenters. The summed E-state index contributed by atoms with van der Waals surface area (Å²) in [5, 5.41) is 15.4. The molecule has 0 unspecified atom stereocenters. The van der Waals surface area contributed by atoms with Crippen molar-refractivity contribution in [2.24, 2.45) is 0 Å². The highest BCUT2D eigenvalue weighted by Crippen LogP contribution is 2.17. The lowest BCUT2D eigenvalue weighted by molar-refractivity contribution is -0.384.